The largest absolute Gasteiger partial charge is 0.387 e. The maximum absolute atomic E-state index is 11.5. The molecular formula is C31H37Cl3N6O2S. The molecule has 2 aliphatic rings. The van der Waals surface area contributed by atoms with E-state index in [9.17, 15) is 10.2 Å². The number of H-pyrrole nitrogens is 1. The third kappa shape index (κ3) is 7.02. The molecule has 0 radical (unpaired) electrons. The van der Waals surface area contributed by atoms with Crippen LogP contribution in [0.2, 0.25) is 10.0 Å². The van der Waals surface area contributed by atoms with Crippen LogP contribution in [0.25, 0.3) is 0 Å². The number of alkyl halides is 1. The molecule has 3 unspecified atom stereocenters. The van der Waals surface area contributed by atoms with Crippen LogP contribution in [0.4, 0.5) is 0 Å². The van der Waals surface area contributed by atoms with Crippen molar-refractivity contribution in [2.45, 2.75) is 81.5 Å². The number of aromatic amines is 1. The number of hydrogen-bond donors (Lipinski definition) is 3. The van der Waals surface area contributed by atoms with Gasteiger partial charge in [-0.25, -0.2) is 9.97 Å². The molecular weight excluding hydrogens is 627 g/mol. The zero-order chi connectivity index (χ0) is 30.9. The van der Waals surface area contributed by atoms with Crippen LogP contribution in [0.3, 0.4) is 0 Å². The van der Waals surface area contributed by atoms with Gasteiger partial charge in [0.05, 0.1) is 23.6 Å². The van der Waals surface area contributed by atoms with Crippen molar-refractivity contribution >= 4 is 47.0 Å². The first-order valence-corrected chi connectivity index (χ1v) is 15.9. The summed E-state index contributed by atoms with van der Waals surface area (Å²) in [6, 6.07) is 15.4. The Balaban J connectivity index is 0.000000171. The first-order chi connectivity index (χ1) is 20.3. The standard InChI is InChI=1S/C17H22ClN3O.C14H15Cl2N3OS/c1-16(2)8-7-14(9-13-3-5-15(18)6-4-13)17(16,22)10-21-12-19-11-20-21;15-11-4-2-1-3-10(11)7-14(20,13(16)5-6-13)8-19-12(21)17-9-18-19/h3-6,11-12,14,22H,7-10H2,1-2H3;1-4,9,20H,5-8H2,(H,17,18,21). The van der Waals surface area contributed by atoms with Gasteiger partial charge in [-0.05, 0) is 85.0 Å². The minimum absolute atomic E-state index is 0.143. The molecule has 0 bridgehead atoms. The fourth-order valence-corrected chi connectivity index (χ4v) is 6.88. The van der Waals surface area contributed by atoms with E-state index in [0.29, 0.717) is 22.8 Å². The first kappa shape index (κ1) is 32.1. The summed E-state index contributed by atoms with van der Waals surface area (Å²) in [5.74, 6) is 0.202. The number of nitrogens with one attached hydrogen (secondary N) is 1. The number of rotatable bonds is 9. The van der Waals surface area contributed by atoms with Gasteiger partial charge in [0.2, 0.25) is 4.77 Å². The maximum Gasteiger partial charge on any atom is 0.215 e. The molecule has 2 saturated carbocycles. The summed E-state index contributed by atoms with van der Waals surface area (Å²) < 4.78 is 3.77. The number of aromatic nitrogens is 6. The van der Waals surface area contributed by atoms with Gasteiger partial charge in [-0.1, -0.05) is 67.4 Å². The summed E-state index contributed by atoms with van der Waals surface area (Å²) in [6.07, 6.45) is 9.49. The van der Waals surface area contributed by atoms with E-state index in [0.717, 1.165) is 42.7 Å². The van der Waals surface area contributed by atoms with Crippen LogP contribution in [0.5, 0.6) is 0 Å². The summed E-state index contributed by atoms with van der Waals surface area (Å²) in [4.78, 5) is 7.32. The fraction of sp³-hybridized carbons (Fsp3) is 0.484. The highest BCUT2D eigenvalue weighted by molar-refractivity contribution is 7.71. The van der Waals surface area contributed by atoms with Crippen molar-refractivity contribution in [2.24, 2.45) is 11.3 Å². The van der Waals surface area contributed by atoms with Gasteiger partial charge >= 0.3 is 0 Å². The lowest BCUT2D eigenvalue weighted by atomic mass is 9.72. The first-order valence-electron chi connectivity index (χ1n) is 14.4. The summed E-state index contributed by atoms with van der Waals surface area (Å²) in [6.45, 7) is 5.04. The second-order valence-electron chi connectivity index (χ2n) is 12.5. The van der Waals surface area contributed by atoms with E-state index in [1.807, 2.05) is 48.5 Å². The number of nitrogens with zero attached hydrogens (tertiary/aromatic N) is 5. The van der Waals surface area contributed by atoms with Crippen LogP contribution in [0.1, 0.15) is 50.7 Å². The SMILES string of the molecule is CC1(C)CCC(Cc2ccc(Cl)cc2)C1(O)Cn1cncn1.OC(Cc1ccccc1Cl)(Cn1[nH]cnc1=S)C1(Cl)CC1. The van der Waals surface area contributed by atoms with Crippen molar-refractivity contribution in [3.8, 4) is 0 Å². The summed E-state index contributed by atoms with van der Waals surface area (Å²) in [5, 5.41) is 31.1. The Morgan fingerprint density at radius 3 is 2.42 bits per heavy atom. The zero-order valence-corrected chi connectivity index (χ0v) is 27.3. The normalized spacial score (nSPS) is 23.3. The number of halogens is 3. The molecule has 3 atom stereocenters. The van der Waals surface area contributed by atoms with Gasteiger partial charge < -0.3 is 10.2 Å². The molecule has 6 rings (SSSR count). The van der Waals surface area contributed by atoms with Crippen LogP contribution in [0, 0.1) is 16.1 Å². The van der Waals surface area contributed by atoms with E-state index in [-0.39, 0.29) is 17.9 Å². The topological polar surface area (TPSA) is 105 Å². The van der Waals surface area contributed by atoms with E-state index < -0.39 is 16.1 Å². The lowest BCUT2D eigenvalue weighted by molar-refractivity contribution is -0.0907. The van der Waals surface area contributed by atoms with E-state index in [1.165, 1.54) is 18.2 Å². The molecule has 0 spiro atoms. The monoisotopic (exact) mass is 662 g/mol. The average Bonchev–Trinajstić information content (AvgIpc) is 3.24. The highest BCUT2D eigenvalue weighted by Crippen LogP contribution is 2.53. The van der Waals surface area contributed by atoms with Crippen molar-refractivity contribution in [1.29, 1.82) is 0 Å². The number of hydrogen-bond acceptors (Lipinski definition) is 6. The Kier molecular flexibility index (Phi) is 9.43. The lowest BCUT2D eigenvalue weighted by Gasteiger charge is -2.40. The Morgan fingerprint density at radius 2 is 1.81 bits per heavy atom. The van der Waals surface area contributed by atoms with Crippen LogP contribution < -0.4 is 0 Å². The van der Waals surface area contributed by atoms with Gasteiger partial charge in [0, 0.05) is 16.5 Å². The molecule has 2 aromatic carbocycles. The number of benzene rings is 2. The van der Waals surface area contributed by atoms with E-state index in [2.05, 4.69) is 34.0 Å². The second-order valence-corrected chi connectivity index (χ2v) is 14.4. The van der Waals surface area contributed by atoms with Gasteiger partial charge in [0.25, 0.3) is 0 Å². The quantitative estimate of drug-likeness (QED) is 0.136. The van der Waals surface area contributed by atoms with E-state index >= 15 is 0 Å². The molecule has 0 saturated heterocycles. The predicted molar refractivity (Wildman–Crippen MR) is 172 cm³/mol. The molecule has 8 nitrogen and oxygen atoms in total. The van der Waals surface area contributed by atoms with Crippen molar-refractivity contribution < 1.29 is 10.2 Å². The minimum Gasteiger partial charge on any atom is -0.387 e. The Bertz CT molecular complexity index is 1570. The second kappa shape index (κ2) is 12.6. The lowest BCUT2D eigenvalue weighted by Crippen LogP contribution is -2.49. The third-order valence-electron chi connectivity index (χ3n) is 9.23. The Morgan fingerprint density at radius 1 is 1.09 bits per heavy atom. The van der Waals surface area contributed by atoms with Crippen LogP contribution in [-0.4, -0.2) is 55.8 Å². The van der Waals surface area contributed by atoms with Crippen molar-refractivity contribution in [2.75, 3.05) is 0 Å². The van der Waals surface area contributed by atoms with Gasteiger partial charge in [-0.3, -0.25) is 14.5 Å². The zero-order valence-electron chi connectivity index (χ0n) is 24.3. The van der Waals surface area contributed by atoms with Crippen LogP contribution >= 0.6 is 47.0 Å². The molecule has 2 fully saturated rings. The maximum atomic E-state index is 11.5. The highest BCUT2D eigenvalue weighted by Gasteiger charge is 2.58. The Labute approximate surface area is 272 Å². The molecule has 2 aliphatic carbocycles. The Hall–Kier alpha value is -2.27. The minimum atomic E-state index is -1.13. The van der Waals surface area contributed by atoms with E-state index in [4.69, 9.17) is 47.0 Å². The van der Waals surface area contributed by atoms with Gasteiger partial charge in [-0.15, -0.1) is 11.6 Å². The van der Waals surface area contributed by atoms with E-state index in [1.54, 1.807) is 15.7 Å². The molecule has 4 aromatic rings. The summed E-state index contributed by atoms with van der Waals surface area (Å²) in [5.41, 5.74) is 0.0180. The predicted octanol–water partition coefficient (Wildman–Crippen LogP) is 6.68. The van der Waals surface area contributed by atoms with Gasteiger partial charge in [-0.2, -0.15) is 5.10 Å². The fourth-order valence-electron chi connectivity index (χ4n) is 6.16. The molecule has 0 amide bonds. The molecule has 0 aliphatic heterocycles. The van der Waals surface area contributed by atoms with Gasteiger partial charge in [0.15, 0.2) is 0 Å². The summed E-state index contributed by atoms with van der Waals surface area (Å²) >= 11 is 23.8. The van der Waals surface area contributed by atoms with Crippen molar-refractivity contribution in [1.82, 2.24) is 29.5 Å². The molecule has 2 aromatic heterocycles. The highest BCUT2D eigenvalue weighted by atomic mass is 35.5. The summed E-state index contributed by atoms with van der Waals surface area (Å²) in [7, 11) is 0. The molecule has 230 valence electrons. The smallest absolute Gasteiger partial charge is 0.215 e. The molecule has 12 heteroatoms. The van der Waals surface area contributed by atoms with Crippen LogP contribution in [0.15, 0.2) is 67.5 Å². The molecule has 43 heavy (non-hydrogen) atoms. The van der Waals surface area contributed by atoms with Gasteiger partial charge in [0.1, 0.15) is 24.6 Å². The molecule has 2 heterocycles. The average molecular weight is 664 g/mol. The van der Waals surface area contributed by atoms with Crippen LogP contribution in [-0.2, 0) is 25.9 Å². The van der Waals surface area contributed by atoms with Crippen molar-refractivity contribution in [3.63, 3.8) is 0 Å². The number of aliphatic hydroxyl groups is 2. The van der Waals surface area contributed by atoms with Crippen molar-refractivity contribution in [3.05, 3.63) is 93.5 Å². The third-order valence-corrected chi connectivity index (χ3v) is 10.9. The molecule has 3 N–H and O–H groups in total.